The highest BCUT2D eigenvalue weighted by Gasteiger charge is 2.61. The van der Waals surface area contributed by atoms with Crippen LogP contribution < -0.4 is 0 Å². The number of methoxy groups -OCH3 is 1. The van der Waals surface area contributed by atoms with Crippen LogP contribution in [-0.4, -0.2) is 82.7 Å². The first kappa shape index (κ1) is 27.5. The Morgan fingerprint density at radius 3 is 2.30 bits per heavy atom. The van der Waals surface area contributed by atoms with Crippen molar-refractivity contribution in [2.75, 3.05) is 13.7 Å². The molecule has 4 aliphatic carbocycles. The molecule has 0 radical (unpaired) electrons. The summed E-state index contributed by atoms with van der Waals surface area (Å²) in [6.45, 7) is 4.37. The standard InChI is InChI=1S/C28H44O9/c1-27-10-8-15(36-26-23(33)21(31)22(32)24(37-26)25(34)35-3)12-14(27)4-5-16-17-6-7-19(20(30)13-29)28(17,2)11-9-18(16)27/h14-19,21-24,26,29,31-33H,4-13H2,1-3H3/t14-,15-,16+,17+,18+,19+,21+,22+,23-,24-,26-,27-,28+/m1/s1. The lowest BCUT2D eigenvalue weighted by atomic mass is 9.44. The maximum Gasteiger partial charge on any atom is 0.337 e. The van der Waals surface area contributed by atoms with Crippen molar-refractivity contribution >= 4 is 11.8 Å². The Kier molecular flexibility index (Phi) is 7.53. The van der Waals surface area contributed by atoms with Gasteiger partial charge in [-0.05, 0) is 92.3 Å². The zero-order valence-corrected chi connectivity index (χ0v) is 22.3. The second-order valence-electron chi connectivity index (χ2n) is 12.9. The number of rotatable bonds is 5. The van der Waals surface area contributed by atoms with Crippen molar-refractivity contribution in [1.82, 2.24) is 0 Å². The second kappa shape index (κ2) is 10.1. The molecular formula is C28H44O9. The molecule has 0 amide bonds. The van der Waals surface area contributed by atoms with Gasteiger partial charge in [0.2, 0.25) is 0 Å². The molecule has 13 atom stereocenters. The molecule has 4 saturated carbocycles. The fraction of sp³-hybridized carbons (Fsp3) is 0.929. The van der Waals surface area contributed by atoms with Gasteiger partial charge in [-0.15, -0.1) is 0 Å². The number of aliphatic hydroxyl groups is 4. The molecule has 9 heteroatoms. The first-order valence-electron chi connectivity index (χ1n) is 14.1. The Labute approximate surface area is 218 Å². The van der Waals surface area contributed by atoms with Crippen LogP contribution in [0.5, 0.6) is 0 Å². The van der Waals surface area contributed by atoms with Crippen molar-refractivity contribution in [3.63, 3.8) is 0 Å². The first-order valence-corrected chi connectivity index (χ1v) is 14.1. The van der Waals surface area contributed by atoms with E-state index in [0.717, 1.165) is 57.8 Å². The average molecular weight is 525 g/mol. The molecule has 5 aliphatic rings. The molecule has 4 N–H and O–H groups in total. The fourth-order valence-electron chi connectivity index (χ4n) is 9.44. The molecule has 5 rings (SSSR count). The van der Waals surface area contributed by atoms with E-state index in [0.29, 0.717) is 23.7 Å². The fourth-order valence-corrected chi connectivity index (χ4v) is 9.44. The van der Waals surface area contributed by atoms with Crippen molar-refractivity contribution in [2.24, 2.45) is 40.4 Å². The van der Waals surface area contributed by atoms with E-state index < -0.39 is 36.7 Å². The number of aliphatic hydroxyl groups excluding tert-OH is 4. The Morgan fingerprint density at radius 1 is 0.892 bits per heavy atom. The van der Waals surface area contributed by atoms with Gasteiger partial charge in [0.15, 0.2) is 18.2 Å². The molecule has 0 bridgehead atoms. The molecule has 0 aromatic rings. The minimum atomic E-state index is -1.59. The summed E-state index contributed by atoms with van der Waals surface area (Å²) in [7, 11) is 1.17. The van der Waals surface area contributed by atoms with Gasteiger partial charge in [-0.2, -0.15) is 0 Å². The SMILES string of the molecule is COC(=O)[C@@H]1O[C@@H](O[C@@H]2CC[C@]3(C)[C@H](CC[C@@H]4[C@@H]3CC[C@]3(C)[C@H](C(=O)CO)CC[C@@H]43)C2)[C@H](O)[C@@H](O)[C@@H]1O. The van der Waals surface area contributed by atoms with Crippen molar-refractivity contribution in [2.45, 2.75) is 108 Å². The zero-order chi connectivity index (χ0) is 26.7. The summed E-state index contributed by atoms with van der Waals surface area (Å²) in [6, 6.07) is 0. The van der Waals surface area contributed by atoms with Gasteiger partial charge in [0.25, 0.3) is 0 Å². The van der Waals surface area contributed by atoms with Gasteiger partial charge in [-0.1, -0.05) is 13.8 Å². The van der Waals surface area contributed by atoms with Crippen molar-refractivity contribution in [1.29, 1.82) is 0 Å². The van der Waals surface area contributed by atoms with Crippen molar-refractivity contribution in [3.05, 3.63) is 0 Å². The minimum absolute atomic E-state index is 0.000525. The monoisotopic (exact) mass is 524 g/mol. The predicted octanol–water partition coefficient (Wildman–Crippen LogP) is 1.57. The highest BCUT2D eigenvalue weighted by Crippen LogP contribution is 2.67. The molecule has 1 aliphatic heterocycles. The number of carbonyl (C=O) groups is 2. The Morgan fingerprint density at radius 2 is 1.59 bits per heavy atom. The molecule has 210 valence electrons. The number of Topliss-reactive ketones (excluding diaryl/α,β-unsaturated/α-hetero) is 1. The van der Waals surface area contributed by atoms with Gasteiger partial charge in [0.1, 0.15) is 24.9 Å². The minimum Gasteiger partial charge on any atom is -0.467 e. The van der Waals surface area contributed by atoms with Gasteiger partial charge in [-0.25, -0.2) is 4.79 Å². The highest BCUT2D eigenvalue weighted by molar-refractivity contribution is 5.83. The maximum absolute atomic E-state index is 12.5. The van der Waals surface area contributed by atoms with Crippen LogP contribution in [0, 0.1) is 40.4 Å². The molecule has 5 fully saturated rings. The van der Waals surface area contributed by atoms with Crippen LogP contribution in [0.15, 0.2) is 0 Å². The van der Waals surface area contributed by atoms with E-state index in [9.17, 15) is 30.0 Å². The lowest BCUT2D eigenvalue weighted by Gasteiger charge is -2.61. The van der Waals surface area contributed by atoms with Gasteiger partial charge in [0.05, 0.1) is 13.2 Å². The molecule has 1 heterocycles. The summed E-state index contributed by atoms with van der Waals surface area (Å²) < 4.78 is 16.4. The summed E-state index contributed by atoms with van der Waals surface area (Å²) in [6.07, 6.45) is 1.50. The highest BCUT2D eigenvalue weighted by atomic mass is 16.7. The van der Waals surface area contributed by atoms with E-state index >= 15 is 0 Å². The van der Waals surface area contributed by atoms with Crippen molar-refractivity contribution in [3.8, 4) is 0 Å². The summed E-state index contributed by atoms with van der Waals surface area (Å²) in [5.41, 5.74) is 0.181. The number of carbonyl (C=O) groups excluding carboxylic acids is 2. The van der Waals surface area contributed by atoms with E-state index in [2.05, 4.69) is 18.6 Å². The maximum atomic E-state index is 12.5. The molecular weight excluding hydrogens is 480 g/mol. The number of hydrogen-bond acceptors (Lipinski definition) is 9. The molecule has 9 nitrogen and oxygen atoms in total. The topological polar surface area (TPSA) is 143 Å². The van der Waals surface area contributed by atoms with Gasteiger partial charge >= 0.3 is 5.97 Å². The third kappa shape index (κ3) is 4.38. The quantitative estimate of drug-likeness (QED) is 0.311. The molecule has 0 aromatic heterocycles. The summed E-state index contributed by atoms with van der Waals surface area (Å²) >= 11 is 0. The number of esters is 1. The lowest BCUT2D eigenvalue weighted by Crippen LogP contribution is -2.61. The zero-order valence-electron chi connectivity index (χ0n) is 22.3. The Hall–Kier alpha value is -1.10. The predicted molar refractivity (Wildman–Crippen MR) is 131 cm³/mol. The third-order valence-electron chi connectivity index (χ3n) is 11.5. The lowest BCUT2D eigenvalue weighted by molar-refractivity contribution is -0.310. The summed E-state index contributed by atoms with van der Waals surface area (Å²) in [4.78, 5) is 24.5. The van der Waals surface area contributed by atoms with Crippen LogP contribution in [0.25, 0.3) is 0 Å². The summed E-state index contributed by atoms with van der Waals surface area (Å²) in [5, 5.41) is 40.5. The second-order valence-corrected chi connectivity index (χ2v) is 12.9. The number of ether oxygens (including phenoxy) is 3. The van der Waals surface area contributed by atoms with E-state index in [-0.39, 0.29) is 35.2 Å². The van der Waals surface area contributed by atoms with Crippen LogP contribution in [-0.2, 0) is 23.8 Å². The molecule has 1 saturated heterocycles. The Balaban J connectivity index is 1.25. The molecule has 0 aromatic carbocycles. The van der Waals surface area contributed by atoms with E-state index in [4.69, 9.17) is 9.47 Å². The molecule has 0 unspecified atom stereocenters. The van der Waals surface area contributed by atoms with Crippen LogP contribution in [0.2, 0.25) is 0 Å². The smallest absolute Gasteiger partial charge is 0.337 e. The summed E-state index contributed by atoms with van der Waals surface area (Å²) in [5.74, 6) is 1.39. The van der Waals surface area contributed by atoms with E-state index in [1.807, 2.05) is 0 Å². The Bertz CT molecular complexity index is 880. The van der Waals surface area contributed by atoms with Crippen LogP contribution in [0.1, 0.15) is 71.6 Å². The third-order valence-corrected chi connectivity index (χ3v) is 11.5. The van der Waals surface area contributed by atoms with Crippen LogP contribution in [0.3, 0.4) is 0 Å². The molecule has 37 heavy (non-hydrogen) atoms. The van der Waals surface area contributed by atoms with Gasteiger partial charge < -0.3 is 34.6 Å². The van der Waals surface area contributed by atoms with Gasteiger partial charge in [0, 0.05) is 5.92 Å². The van der Waals surface area contributed by atoms with E-state index in [1.165, 1.54) is 7.11 Å². The van der Waals surface area contributed by atoms with Gasteiger partial charge in [-0.3, -0.25) is 4.79 Å². The van der Waals surface area contributed by atoms with Crippen LogP contribution in [0.4, 0.5) is 0 Å². The molecule has 0 spiro atoms. The van der Waals surface area contributed by atoms with Crippen LogP contribution >= 0.6 is 0 Å². The number of fused-ring (bicyclic) bond motifs is 5. The van der Waals surface area contributed by atoms with Crippen molar-refractivity contribution < 1.29 is 44.2 Å². The average Bonchev–Trinajstić information content (AvgIpc) is 3.25. The van der Waals surface area contributed by atoms with E-state index in [1.54, 1.807) is 0 Å². The number of ketones is 1. The number of hydrogen-bond donors (Lipinski definition) is 4. The normalized spacial score (nSPS) is 51.5. The largest absolute Gasteiger partial charge is 0.467 e. The first-order chi connectivity index (χ1) is 17.5.